The van der Waals surface area contributed by atoms with E-state index < -0.39 is 18.2 Å². The third-order valence-corrected chi connectivity index (χ3v) is 3.14. The number of hydrogen-bond donors (Lipinski definition) is 3. The van der Waals surface area contributed by atoms with Crippen molar-refractivity contribution in [1.82, 2.24) is 0 Å². The van der Waals surface area contributed by atoms with Crippen molar-refractivity contribution >= 4 is 5.97 Å². The highest BCUT2D eigenvalue weighted by molar-refractivity contribution is 5.66. The summed E-state index contributed by atoms with van der Waals surface area (Å²) in [5.74, 6) is -0.784. The number of hydrogen-bond acceptors (Lipinski definition) is 3. The largest absolute Gasteiger partial charge is 0.481 e. The number of aliphatic hydroxyl groups excluding tert-OH is 2. The minimum absolute atomic E-state index is 0.156. The van der Waals surface area contributed by atoms with Crippen LogP contribution >= 0.6 is 0 Å². The van der Waals surface area contributed by atoms with E-state index in [1.165, 1.54) is 0 Å². The molecule has 0 radical (unpaired) electrons. The summed E-state index contributed by atoms with van der Waals surface area (Å²) < 4.78 is 0. The van der Waals surface area contributed by atoms with E-state index >= 15 is 0 Å². The molecule has 2 unspecified atom stereocenters. The average molecular weight is 346 g/mol. The molecule has 0 bridgehead atoms. The zero-order valence-corrected chi connectivity index (χ0v) is 14.9. The molecule has 0 saturated carbocycles. The smallest absolute Gasteiger partial charge is 0.303 e. The van der Waals surface area contributed by atoms with E-state index in [2.05, 4.69) is 0 Å². The highest BCUT2D eigenvalue weighted by atomic mass is 16.4. The lowest BCUT2D eigenvalue weighted by Gasteiger charge is -1.99. The second kappa shape index (κ2) is 16.7. The summed E-state index contributed by atoms with van der Waals surface area (Å²) >= 11 is 0. The van der Waals surface area contributed by atoms with E-state index in [0.29, 0.717) is 19.3 Å². The Morgan fingerprint density at radius 2 is 1.40 bits per heavy atom. The molecule has 0 aliphatic carbocycles. The molecule has 0 saturated heterocycles. The fraction of sp³-hybridized carbons (Fsp3) is 0.381. The van der Waals surface area contributed by atoms with Gasteiger partial charge in [0.2, 0.25) is 0 Å². The molecule has 3 N–H and O–H groups in total. The molecule has 2 atom stereocenters. The zero-order chi connectivity index (χ0) is 18.8. The summed E-state index contributed by atoms with van der Waals surface area (Å²) in [6, 6.07) is 0. The number of rotatable bonds is 13. The van der Waals surface area contributed by atoms with E-state index in [1.54, 1.807) is 18.2 Å². The maximum atomic E-state index is 10.3. The maximum Gasteiger partial charge on any atom is 0.303 e. The Kier molecular flexibility index (Phi) is 15.2. The lowest BCUT2D eigenvalue weighted by Crippen LogP contribution is -1.99. The van der Waals surface area contributed by atoms with Gasteiger partial charge in [0.1, 0.15) is 0 Å². The summed E-state index contributed by atoms with van der Waals surface area (Å²) in [5, 5.41) is 27.6. The molecule has 0 amide bonds. The summed E-state index contributed by atoms with van der Waals surface area (Å²) in [6.45, 7) is 1.91. The number of carboxylic acids is 1. The first kappa shape index (κ1) is 22.8. The quantitative estimate of drug-likeness (QED) is 0.439. The van der Waals surface area contributed by atoms with Gasteiger partial charge in [-0.1, -0.05) is 79.8 Å². The van der Waals surface area contributed by atoms with Crippen LogP contribution in [0.1, 0.15) is 39.0 Å². The lowest BCUT2D eigenvalue weighted by atomic mass is 10.2. The van der Waals surface area contributed by atoms with Crippen LogP contribution in [0.4, 0.5) is 0 Å². The molecule has 0 aliphatic heterocycles. The summed E-state index contributed by atoms with van der Waals surface area (Å²) in [7, 11) is 0. The first-order chi connectivity index (χ1) is 12.1. The van der Waals surface area contributed by atoms with E-state index in [4.69, 9.17) is 5.11 Å². The van der Waals surface area contributed by atoms with Gasteiger partial charge in [0.15, 0.2) is 0 Å². The molecule has 25 heavy (non-hydrogen) atoms. The Morgan fingerprint density at radius 1 is 0.840 bits per heavy atom. The van der Waals surface area contributed by atoms with E-state index in [-0.39, 0.29) is 6.42 Å². The number of carboxylic acid groups (broad SMARTS) is 1. The second-order valence-corrected chi connectivity index (χ2v) is 5.43. The molecule has 0 aromatic rings. The lowest BCUT2D eigenvalue weighted by molar-refractivity contribution is -0.136. The predicted octanol–water partition coefficient (Wildman–Crippen LogP) is 4.10. The Hall–Kier alpha value is -2.17. The third kappa shape index (κ3) is 18.0. The van der Waals surface area contributed by atoms with Crippen molar-refractivity contribution in [3.05, 3.63) is 72.9 Å². The van der Waals surface area contributed by atoms with Crippen LogP contribution in [0.5, 0.6) is 0 Å². The highest BCUT2D eigenvalue weighted by Crippen LogP contribution is 1.98. The molecule has 0 aromatic carbocycles. The van der Waals surface area contributed by atoms with Gasteiger partial charge in [-0.05, 0) is 25.7 Å². The number of carbonyl (C=O) groups is 1. The van der Waals surface area contributed by atoms with Crippen LogP contribution < -0.4 is 0 Å². The Balaban J connectivity index is 3.84. The Morgan fingerprint density at radius 3 is 2.04 bits per heavy atom. The zero-order valence-electron chi connectivity index (χ0n) is 14.9. The average Bonchev–Trinajstić information content (AvgIpc) is 2.58. The van der Waals surface area contributed by atoms with Gasteiger partial charge in [-0.25, -0.2) is 0 Å². The van der Waals surface area contributed by atoms with Crippen molar-refractivity contribution in [1.29, 1.82) is 0 Å². The molecule has 4 heteroatoms. The van der Waals surface area contributed by atoms with E-state index in [0.717, 1.165) is 6.42 Å². The van der Waals surface area contributed by atoms with Crippen LogP contribution in [-0.2, 0) is 4.79 Å². The van der Waals surface area contributed by atoms with E-state index in [1.807, 2.05) is 61.6 Å². The van der Waals surface area contributed by atoms with Gasteiger partial charge >= 0.3 is 5.97 Å². The minimum Gasteiger partial charge on any atom is -0.481 e. The monoisotopic (exact) mass is 346 g/mol. The number of aliphatic hydroxyl groups is 2. The molecular formula is C21H30O4. The van der Waals surface area contributed by atoms with Gasteiger partial charge in [0.25, 0.3) is 0 Å². The fourth-order valence-corrected chi connectivity index (χ4v) is 1.67. The maximum absolute atomic E-state index is 10.3. The van der Waals surface area contributed by atoms with Gasteiger partial charge < -0.3 is 15.3 Å². The molecule has 0 spiro atoms. The van der Waals surface area contributed by atoms with Crippen molar-refractivity contribution in [3.8, 4) is 0 Å². The molecule has 4 nitrogen and oxygen atoms in total. The van der Waals surface area contributed by atoms with Crippen LogP contribution in [0.15, 0.2) is 72.9 Å². The van der Waals surface area contributed by atoms with Crippen molar-refractivity contribution in [2.75, 3.05) is 0 Å². The van der Waals surface area contributed by atoms with Crippen LogP contribution in [0.3, 0.4) is 0 Å². The van der Waals surface area contributed by atoms with Gasteiger partial charge in [0.05, 0.1) is 12.2 Å². The summed E-state index contributed by atoms with van der Waals surface area (Å²) in [5.41, 5.74) is 0. The van der Waals surface area contributed by atoms with E-state index in [9.17, 15) is 15.0 Å². The molecule has 0 aliphatic rings. The SMILES string of the molecule is CCC(O)/C=C/C=C/CC(O)/C=C/C=C/C/C=C/C=C/CCC(=O)O. The molecule has 0 fully saturated rings. The third-order valence-electron chi connectivity index (χ3n) is 3.14. The Bertz CT molecular complexity index is 510. The molecular weight excluding hydrogens is 316 g/mol. The number of allylic oxidation sites excluding steroid dienone is 9. The second-order valence-electron chi connectivity index (χ2n) is 5.43. The molecule has 0 rings (SSSR count). The van der Waals surface area contributed by atoms with Gasteiger partial charge in [-0.3, -0.25) is 4.79 Å². The van der Waals surface area contributed by atoms with Crippen molar-refractivity contribution in [2.24, 2.45) is 0 Å². The first-order valence-corrected chi connectivity index (χ1v) is 8.62. The highest BCUT2D eigenvalue weighted by Gasteiger charge is 1.93. The topological polar surface area (TPSA) is 77.8 Å². The van der Waals surface area contributed by atoms with Crippen LogP contribution in [0.25, 0.3) is 0 Å². The van der Waals surface area contributed by atoms with Crippen molar-refractivity contribution in [2.45, 2.75) is 51.2 Å². The van der Waals surface area contributed by atoms with Crippen LogP contribution in [0, 0.1) is 0 Å². The fourth-order valence-electron chi connectivity index (χ4n) is 1.67. The van der Waals surface area contributed by atoms with Gasteiger partial charge in [0, 0.05) is 6.42 Å². The minimum atomic E-state index is -0.784. The van der Waals surface area contributed by atoms with Crippen LogP contribution in [0.2, 0.25) is 0 Å². The normalized spacial score (nSPS) is 15.6. The molecule has 0 aromatic heterocycles. The standard InChI is InChI=1S/C21H30O4/c1-2-19(22)15-12-10-13-17-20(23)16-11-8-6-4-3-5-7-9-14-18-21(24)25/h3,5-13,15-16,19-20,22-23H,2,4,14,17-18H2,1H3,(H,24,25)/b5-3+,8-6+,9-7+,13-10+,15-12+,16-11+. The van der Waals surface area contributed by atoms with Gasteiger partial charge in [-0.15, -0.1) is 0 Å². The predicted molar refractivity (Wildman–Crippen MR) is 103 cm³/mol. The van der Waals surface area contributed by atoms with Gasteiger partial charge in [-0.2, -0.15) is 0 Å². The van der Waals surface area contributed by atoms with Crippen molar-refractivity contribution in [3.63, 3.8) is 0 Å². The number of aliphatic carboxylic acids is 1. The summed E-state index contributed by atoms with van der Waals surface area (Å²) in [6.07, 6.45) is 23.8. The van der Waals surface area contributed by atoms with Crippen molar-refractivity contribution < 1.29 is 20.1 Å². The van der Waals surface area contributed by atoms with Crippen LogP contribution in [-0.4, -0.2) is 33.5 Å². The Labute approximate surface area is 150 Å². The first-order valence-electron chi connectivity index (χ1n) is 8.62. The molecule has 0 heterocycles. The summed E-state index contributed by atoms with van der Waals surface area (Å²) in [4.78, 5) is 10.3. The molecule has 138 valence electrons.